The third-order valence-electron chi connectivity index (χ3n) is 3.41. The van der Waals surface area contributed by atoms with Gasteiger partial charge in [0.15, 0.2) is 0 Å². The molecular formula is C14H16N2O3. The lowest BCUT2D eigenvalue weighted by Gasteiger charge is -2.26. The second-order valence-corrected chi connectivity index (χ2v) is 4.80. The number of nitrogens with zero attached hydrogens (tertiary/aromatic N) is 1. The fourth-order valence-corrected chi connectivity index (χ4v) is 2.39. The largest absolute Gasteiger partial charge is 0.478 e. The van der Waals surface area contributed by atoms with Crippen LogP contribution in [0.4, 0.5) is 0 Å². The van der Waals surface area contributed by atoms with E-state index in [9.17, 15) is 4.79 Å². The summed E-state index contributed by atoms with van der Waals surface area (Å²) >= 11 is 0. The van der Waals surface area contributed by atoms with Gasteiger partial charge in [-0.3, -0.25) is 4.90 Å². The minimum absolute atomic E-state index is 0.260. The van der Waals surface area contributed by atoms with Gasteiger partial charge in [-0.2, -0.15) is 0 Å². The van der Waals surface area contributed by atoms with Crippen LogP contribution < -0.4 is 5.32 Å². The van der Waals surface area contributed by atoms with Gasteiger partial charge in [-0.15, -0.1) is 0 Å². The fraction of sp³-hybridized carbons (Fsp3) is 0.357. The number of fused-ring (bicyclic) bond motifs is 1. The van der Waals surface area contributed by atoms with Crippen LogP contribution in [0.1, 0.15) is 16.1 Å². The second kappa shape index (κ2) is 5.03. The van der Waals surface area contributed by atoms with Crippen LogP contribution in [-0.2, 0) is 6.54 Å². The SMILES string of the molecule is O=C(O)c1ccc2cc(CN3CCNCC3)oc2c1. The number of carbonyl (C=O) groups is 1. The maximum Gasteiger partial charge on any atom is 0.335 e. The number of aromatic carboxylic acids is 1. The molecule has 0 unspecified atom stereocenters. The average Bonchev–Trinajstić information content (AvgIpc) is 2.80. The van der Waals surface area contributed by atoms with Crippen molar-refractivity contribution in [3.63, 3.8) is 0 Å². The van der Waals surface area contributed by atoms with E-state index in [1.54, 1.807) is 18.2 Å². The van der Waals surface area contributed by atoms with Gasteiger partial charge in [0.2, 0.25) is 0 Å². The highest BCUT2D eigenvalue weighted by Gasteiger charge is 2.13. The standard InChI is InChI=1S/C14H16N2O3/c17-14(18)11-2-1-10-7-12(19-13(10)8-11)9-16-5-3-15-4-6-16/h1-2,7-8,15H,3-6,9H2,(H,17,18). The molecule has 5 nitrogen and oxygen atoms in total. The minimum atomic E-state index is -0.929. The molecule has 19 heavy (non-hydrogen) atoms. The maximum absolute atomic E-state index is 10.9. The summed E-state index contributed by atoms with van der Waals surface area (Å²) in [5.74, 6) is -0.0404. The molecule has 0 saturated carbocycles. The van der Waals surface area contributed by atoms with Crippen LogP contribution >= 0.6 is 0 Å². The number of furan rings is 1. The summed E-state index contributed by atoms with van der Waals surface area (Å²) in [6.07, 6.45) is 0. The summed E-state index contributed by atoms with van der Waals surface area (Å²) in [4.78, 5) is 13.2. The molecule has 0 aliphatic carbocycles. The Bertz CT molecular complexity index is 600. The van der Waals surface area contributed by atoms with Gasteiger partial charge < -0.3 is 14.8 Å². The van der Waals surface area contributed by atoms with Gasteiger partial charge in [0.1, 0.15) is 11.3 Å². The highest BCUT2D eigenvalue weighted by atomic mass is 16.4. The van der Waals surface area contributed by atoms with E-state index in [0.29, 0.717) is 5.58 Å². The Kier molecular flexibility index (Phi) is 3.23. The number of benzene rings is 1. The first-order chi connectivity index (χ1) is 9.22. The van der Waals surface area contributed by atoms with Gasteiger partial charge in [-0.05, 0) is 18.2 Å². The van der Waals surface area contributed by atoms with Crippen LogP contribution in [0.25, 0.3) is 11.0 Å². The van der Waals surface area contributed by atoms with Crippen molar-refractivity contribution in [1.82, 2.24) is 10.2 Å². The van der Waals surface area contributed by atoms with Gasteiger partial charge in [0.25, 0.3) is 0 Å². The highest BCUT2D eigenvalue weighted by Crippen LogP contribution is 2.22. The quantitative estimate of drug-likeness (QED) is 0.876. The summed E-state index contributed by atoms with van der Waals surface area (Å²) < 4.78 is 5.74. The molecule has 5 heteroatoms. The van der Waals surface area contributed by atoms with Gasteiger partial charge in [0, 0.05) is 31.6 Å². The summed E-state index contributed by atoms with van der Waals surface area (Å²) in [7, 11) is 0. The molecule has 0 amide bonds. The van der Waals surface area contributed by atoms with Crippen LogP contribution in [0.2, 0.25) is 0 Å². The van der Waals surface area contributed by atoms with E-state index in [2.05, 4.69) is 10.2 Å². The molecule has 1 aromatic heterocycles. The number of piperazine rings is 1. The molecule has 0 radical (unpaired) electrons. The molecule has 1 aliphatic heterocycles. The molecule has 2 aromatic rings. The van der Waals surface area contributed by atoms with E-state index in [-0.39, 0.29) is 5.56 Å². The number of carboxylic acid groups (broad SMARTS) is 1. The average molecular weight is 260 g/mol. The Balaban J connectivity index is 1.82. The Morgan fingerprint density at radius 2 is 2.11 bits per heavy atom. The third kappa shape index (κ3) is 2.62. The van der Waals surface area contributed by atoms with Gasteiger partial charge in [0.05, 0.1) is 12.1 Å². The summed E-state index contributed by atoms with van der Waals surface area (Å²) in [6, 6.07) is 6.97. The lowest BCUT2D eigenvalue weighted by Crippen LogP contribution is -2.42. The normalized spacial score (nSPS) is 16.8. The zero-order valence-electron chi connectivity index (χ0n) is 10.6. The molecule has 1 aromatic carbocycles. The molecular weight excluding hydrogens is 244 g/mol. The molecule has 2 heterocycles. The highest BCUT2D eigenvalue weighted by molar-refractivity contribution is 5.92. The van der Waals surface area contributed by atoms with E-state index in [1.165, 1.54) is 0 Å². The van der Waals surface area contributed by atoms with Crippen LogP contribution in [0.3, 0.4) is 0 Å². The number of hydrogen-bond donors (Lipinski definition) is 2. The first-order valence-corrected chi connectivity index (χ1v) is 6.41. The number of rotatable bonds is 3. The van der Waals surface area contributed by atoms with Crippen LogP contribution in [0, 0.1) is 0 Å². The van der Waals surface area contributed by atoms with Crippen molar-refractivity contribution in [3.8, 4) is 0 Å². The van der Waals surface area contributed by atoms with Crippen molar-refractivity contribution in [1.29, 1.82) is 0 Å². The predicted molar refractivity (Wildman–Crippen MR) is 71.3 cm³/mol. The van der Waals surface area contributed by atoms with E-state index >= 15 is 0 Å². The van der Waals surface area contributed by atoms with Crippen LogP contribution in [0.15, 0.2) is 28.7 Å². The molecule has 2 N–H and O–H groups in total. The van der Waals surface area contributed by atoms with Crippen molar-refractivity contribution in [2.75, 3.05) is 26.2 Å². The monoisotopic (exact) mass is 260 g/mol. The number of nitrogens with one attached hydrogen (secondary N) is 1. The zero-order valence-corrected chi connectivity index (χ0v) is 10.6. The molecule has 0 atom stereocenters. The van der Waals surface area contributed by atoms with Crippen molar-refractivity contribution < 1.29 is 14.3 Å². The number of hydrogen-bond acceptors (Lipinski definition) is 4. The van der Waals surface area contributed by atoms with Crippen molar-refractivity contribution in [3.05, 3.63) is 35.6 Å². The van der Waals surface area contributed by atoms with Crippen LogP contribution in [-0.4, -0.2) is 42.2 Å². The smallest absolute Gasteiger partial charge is 0.335 e. The summed E-state index contributed by atoms with van der Waals surface area (Å²) in [5.41, 5.74) is 0.903. The van der Waals surface area contributed by atoms with E-state index in [0.717, 1.165) is 43.9 Å². The summed E-state index contributed by atoms with van der Waals surface area (Å²) in [5, 5.41) is 13.2. The van der Waals surface area contributed by atoms with E-state index < -0.39 is 5.97 Å². The first kappa shape index (κ1) is 12.2. The number of carboxylic acids is 1. The molecule has 100 valence electrons. The minimum Gasteiger partial charge on any atom is -0.478 e. The van der Waals surface area contributed by atoms with Gasteiger partial charge in [-0.1, -0.05) is 6.07 Å². The van der Waals surface area contributed by atoms with Gasteiger partial charge >= 0.3 is 5.97 Å². The lowest BCUT2D eigenvalue weighted by atomic mass is 10.2. The lowest BCUT2D eigenvalue weighted by molar-refractivity contribution is 0.0697. The van der Waals surface area contributed by atoms with Crippen LogP contribution in [0.5, 0.6) is 0 Å². The zero-order chi connectivity index (χ0) is 13.2. The molecule has 1 aliphatic rings. The molecule has 3 rings (SSSR count). The maximum atomic E-state index is 10.9. The van der Waals surface area contributed by atoms with Crippen molar-refractivity contribution in [2.24, 2.45) is 0 Å². The van der Waals surface area contributed by atoms with Crippen molar-refractivity contribution >= 4 is 16.9 Å². The predicted octanol–water partition coefficient (Wildman–Crippen LogP) is 1.54. The second-order valence-electron chi connectivity index (χ2n) is 4.80. The molecule has 0 spiro atoms. The van der Waals surface area contributed by atoms with Gasteiger partial charge in [-0.25, -0.2) is 4.79 Å². The Hall–Kier alpha value is -1.85. The molecule has 1 saturated heterocycles. The Morgan fingerprint density at radius 3 is 2.84 bits per heavy atom. The van der Waals surface area contributed by atoms with E-state index in [4.69, 9.17) is 9.52 Å². The molecule has 0 bridgehead atoms. The van der Waals surface area contributed by atoms with Crippen molar-refractivity contribution in [2.45, 2.75) is 6.54 Å². The fourth-order valence-electron chi connectivity index (χ4n) is 2.39. The third-order valence-corrected chi connectivity index (χ3v) is 3.41. The summed E-state index contributed by atoms with van der Waals surface area (Å²) in [6.45, 7) is 4.81. The Morgan fingerprint density at radius 1 is 1.32 bits per heavy atom. The van der Waals surface area contributed by atoms with E-state index in [1.807, 2.05) is 6.07 Å². The topological polar surface area (TPSA) is 65.7 Å². The first-order valence-electron chi connectivity index (χ1n) is 6.41. The Labute approximate surface area is 110 Å². The molecule has 1 fully saturated rings.